The minimum Gasteiger partial charge on any atom is -0.289 e. The number of ketones is 1. The molecule has 0 amide bonds. The van der Waals surface area contributed by atoms with Crippen molar-refractivity contribution in [2.75, 3.05) is 0 Å². The Hall–Kier alpha value is -1.81. The van der Waals surface area contributed by atoms with E-state index in [1.165, 1.54) is 35.6 Å². The summed E-state index contributed by atoms with van der Waals surface area (Å²) in [4.78, 5) is 16.8. The van der Waals surface area contributed by atoms with Crippen LogP contribution < -0.4 is 0 Å². The molecule has 17 heavy (non-hydrogen) atoms. The normalized spacial score (nSPS) is 10.9. The topological polar surface area (TPSA) is 30.0 Å². The van der Waals surface area contributed by atoms with Gasteiger partial charge in [-0.2, -0.15) is 0 Å². The molecule has 1 aromatic carbocycles. The molecule has 0 spiro atoms. The molecule has 0 aliphatic rings. The highest BCUT2D eigenvalue weighted by Crippen LogP contribution is 2.14. The molecule has 0 saturated carbocycles. The molecule has 1 heterocycles. The van der Waals surface area contributed by atoms with Gasteiger partial charge in [-0.1, -0.05) is 12.1 Å². The van der Waals surface area contributed by atoms with Crippen molar-refractivity contribution >= 4 is 23.2 Å². The van der Waals surface area contributed by atoms with Crippen LogP contribution in [-0.2, 0) is 0 Å². The Morgan fingerprint density at radius 1 is 1.47 bits per heavy atom. The van der Waals surface area contributed by atoms with E-state index in [1.807, 2.05) is 6.92 Å². The van der Waals surface area contributed by atoms with Gasteiger partial charge in [-0.25, -0.2) is 9.37 Å². The minimum atomic E-state index is -0.404. The number of halogens is 1. The zero-order valence-corrected chi connectivity index (χ0v) is 10.00. The van der Waals surface area contributed by atoms with Gasteiger partial charge in [-0.05, 0) is 31.2 Å². The van der Waals surface area contributed by atoms with Crippen LogP contribution in [-0.4, -0.2) is 10.8 Å². The summed E-state index contributed by atoms with van der Waals surface area (Å²) in [5.74, 6) is -0.615. The van der Waals surface area contributed by atoms with Crippen molar-refractivity contribution in [2.45, 2.75) is 6.92 Å². The maximum absolute atomic E-state index is 12.9. The second kappa shape index (κ2) is 5.01. The molecule has 2 rings (SSSR count). The minimum absolute atomic E-state index is 0.211. The van der Waals surface area contributed by atoms with Crippen LogP contribution in [0.4, 0.5) is 4.39 Å². The highest BCUT2D eigenvalue weighted by Gasteiger charge is 2.03. The summed E-state index contributed by atoms with van der Waals surface area (Å²) >= 11 is 1.47. The lowest BCUT2D eigenvalue weighted by molar-refractivity contribution is 0.104. The molecule has 1 aromatic heterocycles. The van der Waals surface area contributed by atoms with E-state index in [9.17, 15) is 9.18 Å². The first-order valence-corrected chi connectivity index (χ1v) is 5.93. The summed E-state index contributed by atoms with van der Waals surface area (Å²) < 4.78 is 12.9. The third kappa shape index (κ3) is 2.85. The fraction of sp³-hybridized carbons (Fsp3) is 0.0769. The molecule has 0 aliphatic heterocycles. The van der Waals surface area contributed by atoms with Crippen LogP contribution in [0.15, 0.2) is 35.9 Å². The van der Waals surface area contributed by atoms with E-state index < -0.39 is 5.82 Å². The quantitative estimate of drug-likeness (QED) is 0.614. The molecule has 4 heteroatoms. The van der Waals surface area contributed by atoms with Crippen molar-refractivity contribution in [1.29, 1.82) is 0 Å². The fourth-order valence-corrected chi connectivity index (χ4v) is 2.05. The number of aromatic nitrogens is 1. The summed E-state index contributed by atoms with van der Waals surface area (Å²) in [6.45, 7) is 1.88. The predicted octanol–water partition coefficient (Wildman–Crippen LogP) is 3.49. The number of rotatable bonds is 3. The van der Waals surface area contributed by atoms with Gasteiger partial charge in [0.1, 0.15) is 5.82 Å². The van der Waals surface area contributed by atoms with Gasteiger partial charge in [0.05, 0.1) is 11.2 Å². The standard InChI is InChI=1S/C13H10FNOS/c1-9-13(17-8-15-9)6-5-12(16)10-3-2-4-11(14)7-10/h2-8H,1H3/b6-5+. The van der Waals surface area contributed by atoms with Crippen molar-refractivity contribution < 1.29 is 9.18 Å². The SMILES string of the molecule is Cc1ncsc1/C=C/C(=O)c1cccc(F)c1. The van der Waals surface area contributed by atoms with E-state index >= 15 is 0 Å². The highest BCUT2D eigenvalue weighted by molar-refractivity contribution is 7.10. The van der Waals surface area contributed by atoms with E-state index in [4.69, 9.17) is 0 Å². The predicted molar refractivity (Wildman–Crippen MR) is 66.6 cm³/mol. The molecule has 0 radical (unpaired) electrons. The smallest absolute Gasteiger partial charge is 0.185 e. The molecule has 2 aromatic rings. The molecular weight excluding hydrogens is 237 g/mol. The number of aryl methyl sites for hydroxylation is 1. The average Bonchev–Trinajstić information content (AvgIpc) is 2.72. The molecule has 0 unspecified atom stereocenters. The zero-order valence-electron chi connectivity index (χ0n) is 9.18. The van der Waals surface area contributed by atoms with E-state index in [-0.39, 0.29) is 5.78 Å². The summed E-state index contributed by atoms with van der Waals surface area (Å²) in [5.41, 5.74) is 2.96. The number of benzene rings is 1. The summed E-state index contributed by atoms with van der Waals surface area (Å²) in [6, 6.07) is 5.66. The lowest BCUT2D eigenvalue weighted by Crippen LogP contribution is -1.94. The lowest BCUT2D eigenvalue weighted by atomic mass is 10.1. The highest BCUT2D eigenvalue weighted by atomic mass is 32.1. The molecule has 0 fully saturated rings. The first-order valence-electron chi connectivity index (χ1n) is 5.05. The molecule has 2 nitrogen and oxygen atoms in total. The fourth-order valence-electron chi connectivity index (χ4n) is 1.36. The van der Waals surface area contributed by atoms with E-state index in [0.717, 1.165) is 10.6 Å². The van der Waals surface area contributed by atoms with Gasteiger partial charge >= 0.3 is 0 Å². The van der Waals surface area contributed by atoms with Crippen LogP contribution in [0.1, 0.15) is 20.9 Å². The largest absolute Gasteiger partial charge is 0.289 e. The summed E-state index contributed by atoms with van der Waals surface area (Å²) in [7, 11) is 0. The van der Waals surface area contributed by atoms with Gasteiger partial charge < -0.3 is 0 Å². The van der Waals surface area contributed by atoms with E-state index in [1.54, 1.807) is 17.7 Å². The lowest BCUT2D eigenvalue weighted by Gasteiger charge is -1.95. The number of carbonyl (C=O) groups is 1. The van der Waals surface area contributed by atoms with Crippen LogP contribution in [0.5, 0.6) is 0 Å². The van der Waals surface area contributed by atoms with Crippen molar-refractivity contribution in [3.05, 3.63) is 57.8 Å². The Morgan fingerprint density at radius 2 is 2.29 bits per heavy atom. The maximum atomic E-state index is 12.9. The third-order valence-corrected chi connectivity index (χ3v) is 3.17. The van der Waals surface area contributed by atoms with Crippen molar-refractivity contribution in [3.63, 3.8) is 0 Å². The van der Waals surface area contributed by atoms with Crippen molar-refractivity contribution in [3.8, 4) is 0 Å². The van der Waals surface area contributed by atoms with Crippen LogP contribution in [0.3, 0.4) is 0 Å². The second-order valence-corrected chi connectivity index (χ2v) is 4.40. The van der Waals surface area contributed by atoms with Crippen LogP contribution in [0, 0.1) is 12.7 Å². The Kier molecular flexibility index (Phi) is 3.44. The molecule has 86 valence electrons. The average molecular weight is 247 g/mol. The second-order valence-electron chi connectivity index (χ2n) is 3.51. The Bertz CT molecular complexity index is 574. The van der Waals surface area contributed by atoms with Gasteiger partial charge in [0.25, 0.3) is 0 Å². The van der Waals surface area contributed by atoms with Gasteiger partial charge in [0.15, 0.2) is 5.78 Å². The number of hydrogen-bond acceptors (Lipinski definition) is 3. The Balaban J connectivity index is 2.17. The van der Waals surface area contributed by atoms with Gasteiger partial charge in [0, 0.05) is 10.4 Å². The number of hydrogen-bond donors (Lipinski definition) is 0. The molecule has 0 N–H and O–H groups in total. The maximum Gasteiger partial charge on any atom is 0.185 e. The first-order chi connectivity index (χ1) is 8.16. The number of thiazole rings is 1. The first kappa shape index (κ1) is 11.7. The van der Waals surface area contributed by atoms with Crippen LogP contribution >= 0.6 is 11.3 Å². The van der Waals surface area contributed by atoms with Crippen LogP contribution in [0.25, 0.3) is 6.08 Å². The summed E-state index contributed by atoms with van der Waals surface area (Å²) in [6.07, 6.45) is 3.15. The van der Waals surface area contributed by atoms with E-state index in [0.29, 0.717) is 5.56 Å². The number of allylic oxidation sites excluding steroid dienone is 1. The number of nitrogens with zero attached hydrogens (tertiary/aromatic N) is 1. The van der Waals surface area contributed by atoms with Crippen molar-refractivity contribution in [1.82, 2.24) is 4.98 Å². The molecule has 0 bridgehead atoms. The van der Waals surface area contributed by atoms with Crippen LogP contribution in [0.2, 0.25) is 0 Å². The van der Waals surface area contributed by atoms with Gasteiger partial charge in [0.2, 0.25) is 0 Å². The van der Waals surface area contributed by atoms with Gasteiger partial charge in [-0.15, -0.1) is 11.3 Å². The van der Waals surface area contributed by atoms with E-state index in [2.05, 4.69) is 4.98 Å². The number of carbonyl (C=O) groups excluding carboxylic acids is 1. The molecule has 0 aliphatic carbocycles. The van der Waals surface area contributed by atoms with Gasteiger partial charge in [-0.3, -0.25) is 4.79 Å². The van der Waals surface area contributed by atoms with Crippen molar-refractivity contribution in [2.24, 2.45) is 0 Å². The third-order valence-electron chi connectivity index (χ3n) is 2.28. The molecule has 0 saturated heterocycles. The monoisotopic (exact) mass is 247 g/mol. The Labute approximate surface area is 102 Å². The molecule has 0 atom stereocenters. The Morgan fingerprint density at radius 3 is 2.94 bits per heavy atom. The summed E-state index contributed by atoms with van der Waals surface area (Å²) in [5, 5.41) is 0. The zero-order chi connectivity index (χ0) is 12.3. The molecular formula is C13H10FNOS.